The van der Waals surface area contributed by atoms with Crippen LogP contribution in [0.5, 0.6) is 0 Å². The number of benzene rings is 1. The average molecular weight is 281 g/mol. The Balaban J connectivity index is 1.42. The predicted molar refractivity (Wildman–Crippen MR) is 84.2 cm³/mol. The van der Waals surface area contributed by atoms with Crippen LogP contribution in [0.15, 0.2) is 24.3 Å². The van der Waals surface area contributed by atoms with Crippen LogP contribution in [0.25, 0.3) is 0 Å². The second kappa shape index (κ2) is 5.35. The zero-order chi connectivity index (χ0) is 14.2. The number of piperazine rings is 1. The van der Waals surface area contributed by atoms with Gasteiger partial charge in [-0.05, 0) is 43.2 Å². The van der Waals surface area contributed by atoms with Crippen molar-refractivity contribution in [2.45, 2.75) is 31.7 Å². The number of nitriles is 1. The van der Waals surface area contributed by atoms with Crippen molar-refractivity contribution in [3.8, 4) is 6.07 Å². The fourth-order valence-electron chi connectivity index (χ4n) is 4.80. The van der Waals surface area contributed by atoms with Gasteiger partial charge < -0.3 is 4.90 Å². The number of rotatable bonds is 2. The second-order valence-corrected chi connectivity index (χ2v) is 6.89. The first-order valence-corrected chi connectivity index (χ1v) is 8.33. The standard InChI is InChI=1S/C18H23N3/c19-13-16-3-1-2-4-17(16)20-7-9-21(10-8-20)18-12-14-5-6-15(18)11-14/h1-4,14-15,18H,5-12H2/t14-,15-,18+/m0/s1. The minimum atomic E-state index is 0.811. The quantitative estimate of drug-likeness (QED) is 0.835. The molecule has 1 aromatic carbocycles. The van der Waals surface area contributed by atoms with Gasteiger partial charge in [0.15, 0.2) is 0 Å². The van der Waals surface area contributed by atoms with E-state index in [0.717, 1.165) is 55.3 Å². The Bertz CT molecular complexity index is 554. The van der Waals surface area contributed by atoms with E-state index in [0.29, 0.717) is 0 Å². The van der Waals surface area contributed by atoms with Crippen LogP contribution in [0, 0.1) is 23.2 Å². The van der Waals surface area contributed by atoms with Gasteiger partial charge in [0.2, 0.25) is 0 Å². The molecule has 3 atom stereocenters. The van der Waals surface area contributed by atoms with Crippen molar-refractivity contribution in [3.05, 3.63) is 29.8 Å². The first-order valence-electron chi connectivity index (χ1n) is 8.33. The zero-order valence-electron chi connectivity index (χ0n) is 12.5. The normalized spacial score (nSPS) is 32.3. The topological polar surface area (TPSA) is 30.3 Å². The molecule has 1 heterocycles. The molecular formula is C18H23N3. The van der Waals surface area contributed by atoms with Crippen LogP contribution in [-0.2, 0) is 0 Å². The molecule has 3 heteroatoms. The van der Waals surface area contributed by atoms with Gasteiger partial charge >= 0.3 is 0 Å². The second-order valence-electron chi connectivity index (χ2n) is 6.89. The molecule has 3 fully saturated rings. The molecule has 110 valence electrons. The lowest BCUT2D eigenvalue weighted by Gasteiger charge is -2.42. The van der Waals surface area contributed by atoms with Gasteiger partial charge in [0.25, 0.3) is 0 Å². The van der Waals surface area contributed by atoms with Crippen molar-refractivity contribution in [1.29, 1.82) is 5.26 Å². The Hall–Kier alpha value is -1.53. The lowest BCUT2D eigenvalue weighted by Crippen LogP contribution is -2.51. The summed E-state index contributed by atoms with van der Waals surface area (Å²) in [6, 6.07) is 11.2. The molecule has 1 saturated heterocycles. The Kier molecular flexibility index (Phi) is 3.35. The number of anilines is 1. The Morgan fingerprint density at radius 3 is 2.48 bits per heavy atom. The molecule has 21 heavy (non-hydrogen) atoms. The SMILES string of the molecule is N#Cc1ccccc1N1CCN([C@@H]2C[C@H]3CC[C@H]2C3)CC1. The molecule has 4 rings (SSSR count). The fourth-order valence-corrected chi connectivity index (χ4v) is 4.80. The van der Waals surface area contributed by atoms with E-state index < -0.39 is 0 Å². The third kappa shape index (κ3) is 2.32. The monoisotopic (exact) mass is 281 g/mol. The summed E-state index contributed by atoms with van der Waals surface area (Å²) in [5.41, 5.74) is 1.93. The molecule has 3 aliphatic rings. The highest BCUT2D eigenvalue weighted by Gasteiger charge is 2.42. The third-order valence-electron chi connectivity index (χ3n) is 5.85. The lowest BCUT2D eigenvalue weighted by atomic mass is 9.93. The first-order chi connectivity index (χ1) is 10.3. The summed E-state index contributed by atoms with van der Waals surface area (Å²) in [6.07, 6.45) is 5.88. The van der Waals surface area contributed by atoms with Gasteiger partial charge in [-0.1, -0.05) is 18.6 Å². The van der Waals surface area contributed by atoms with Gasteiger partial charge in [0.05, 0.1) is 11.3 Å². The molecule has 1 aliphatic heterocycles. The Morgan fingerprint density at radius 2 is 1.81 bits per heavy atom. The highest BCUT2D eigenvalue weighted by molar-refractivity contribution is 5.59. The van der Waals surface area contributed by atoms with Gasteiger partial charge in [-0.2, -0.15) is 5.26 Å². The van der Waals surface area contributed by atoms with E-state index in [2.05, 4.69) is 21.9 Å². The molecule has 3 nitrogen and oxygen atoms in total. The van der Waals surface area contributed by atoms with E-state index in [1.807, 2.05) is 18.2 Å². The van der Waals surface area contributed by atoms with Crippen LogP contribution >= 0.6 is 0 Å². The number of para-hydroxylation sites is 1. The van der Waals surface area contributed by atoms with Crippen LogP contribution < -0.4 is 4.90 Å². The van der Waals surface area contributed by atoms with Crippen molar-refractivity contribution < 1.29 is 0 Å². The summed E-state index contributed by atoms with van der Waals surface area (Å²) in [6.45, 7) is 4.44. The number of fused-ring (bicyclic) bond motifs is 2. The fraction of sp³-hybridized carbons (Fsp3) is 0.611. The molecule has 2 bridgehead atoms. The van der Waals surface area contributed by atoms with Crippen molar-refractivity contribution in [3.63, 3.8) is 0 Å². The third-order valence-corrected chi connectivity index (χ3v) is 5.85. The van der Waals surface area contributed by atoms with Gasteiger partial charge in [-0.15, -0.1) is 0 Å². The molecule has 2 aliphatic carbocycles. The maximum atomic E-state index is 9.26. The number of hydrogen-bond acceptors (Lipinski definition) is 3. The number of nitrogens with zero attached hydrogens (tertiary/aromatic N) is 3. The maximum absolute atomic E-state index is 9.26. The van der Waals surface area contributed by atoms with E-state index in [4.69, 9.17) is 0 Å². The first kappa shape index (κ1) is 13.2. The smallest absolute Gasteiger partial charge is 0.101 e. The van der Waals surface area contributed by atoms with Crippen molar-refractivity contribution in [2.75, 3.05) is 31.1 Å². The van der Waals surface area contributed by atoms with E-state index in [1.54, 1.807) is 0 Å². The minimum absolute atomic E-state index is 0.811. The summed E-state index contributed by atoms with van der Waals surface area (Å²) in [7, 11) is 0. The van der Waals surface area contributed by atoms with Crippen LogP contribution in [0.4, 0.5) is 5.69 Å². The summed E-state index contributed by atoms with van der Waals surface area (Å²) in [5, 5.41) is 9.26. The van der Waals surface area contributed by atoms with Crippen molar-refractivity contribution >= 4 is 5.69 Å². The maximum Gasteiger partial charge on any atom is 0.101 e. The zero-order valence-corrected chi connectivity index (χ0v) is 12.5. The van der Waals surface area contributed by atoms with E-state index in [-0.39, 0.29) is 0 Å². The largest absolute Gasteiger partial charge is 0.368 e. The highest BCUT2D eigenvalue weighted by atomic mass is 15.3. The van der Waals surface area contributed by atoms with Crippen LogP contribution in [0.2, 0.25) is 0 Å². The predicted octanol–water partition coefficient (Wildman–Crippen LogP) is 2.87. The Morgan fingerprint density at radius 1 is 1.00 bits per heavy atom. The van der Waals surface area contributed by atoms with Crippen LogP contribution in [0.3, 0.4) is 0 Å². The summed E-state index contributed by atoms with van der Waals surface area (Å²) < 4.78 is 0. The van der Waals surface area contributed by atoms with Crippen molar-refractivity contribution in [2.24, 2.45) is 11.8 Å². The van der Waals surface area contributed by atoms with Crippen LogP contribution in [0.1, 0.15) is 31.2 Å². The molecule has 2 saturated carbocycles. The summed E-state index contributed by atoms with van der Waals surface area (Å²) >= 11 is 0. The molecular weight excluding hydrogens is 258 g/mol. The molecule has 0 amide bonds. The minimum Gasteiger partial charge on any atom is -0.368 e. The van der Waals surface area contributed by atoms with Crippen molar-refractivity contribution in [1.82, 2.24) is 4.90 Å². The summed E-state index contributed by atoms with van der Waals surface area (Å²) in [5.74, 6) is 2.00. The van der Waals surface area contributed by atoms with Gasteiger partial charge in [-0.3, -0.25) is 4.90 Å². The molecule has 1 aromatic rings. The van der Waals surface area contributed by atoms with E-state index in [9.17, 15) is 5.26 Å². The van der Waals surface area contributed by atoms with E-state index >= 15 is 0 Å². The van der Waals surface area contributed by atoms with Crippen LogP contribution in [-0.4, -0.2) is 37.1 Å². The lowest BCUT2D eigenvalue weighted by molar-refractivity contribution is 0.135. The number of hydrogen-bond donors (Lipinski definition) is 0. The molecule has 0 spiro atoms. The molecule has 0 N–H and O–H groups in total. The van der Waals surface area contributed by atoms with Gasteiger partial charge in [0, 0.05) is 32.2 Å². The molecule has 0 radical (unpaired) electrons. The average Bonchev–Trinajstić information content (AvgIpc) is 3.18. The Labute approximate surface area is 127 Å². The molecule has 0 unspecified atom stereocenters. The van der Waals surface area contributed by atoms with Gasteiger partial charge in [-0.25, -0.2) is 0 Å². The van der Waals surface area contributed by atoms with E-state index in [1.165, 1.54) is 25.7 Å². The summed E-state index contributed by atoms with van der Waals surface area (Å²) in [4.78, 5) is 5.12. The highest BCUT2D eigenvalue weighted by Crippen LogP contribution is 2.46. The van der Waals surface area contributed by atoms with Gasteiger partial charge in [0.1, 0.15) is 6.07 Å². The molecule has 0 aromatic heterocycles.